The van der Waals surface area contributed by atoms with Crippen LogP contribution in [0.15, 0.2) is 42.5 Å². The zero-order valence-corrected chi connectivity index (χ0v) is 17.4. The van der Waals surface area contributed by atoms with Crippen LogP contribution in [0, 0.1) is 11.8 Å². The third-order valence-corrected chi connectivity index (χ3v) is 8.01. The van der Waals surface area contributed by atoms with Gasteiger partial charge in [0.25, 0.3) is 0 Å². The fraction of sp³-hybridized carbons (Fsp3) is 0.440. The van der Waals surface area contributed by atoms with Crippen molar-refractivity contribution in [3.05, 3.63) is 64.3 Å². The lowest BCUT2D eigenvalue weighted by atomic mass is 9.58. The lowest BCUT2D eigenvalue weighted by Crippen LogP contribution is -2.54. The maximum atomic E-state index is 10.2. The molecule has 3 nitrogen and oxygen atoms in total. The molecule has 3 aromatic rings. The highest BCUT2D eigenvalue weighted by molar-refractivity contribution is 6.35. The Kier molecular flexibility index (Phi) is 4.01. The smallest absolute Gasteiger partial charge is 0.115 e. The molecule has 150 valence electrons. The van der Waals surface area contributed by atoms with Gasteiger partial charge in [-0.05, 0) is 79.8 Å². The van der Waals surface area contributed by atoms with Gasteiger partial charge in [0, 0.05) is 29.6 Å². The van der Waals surface area contributed by atoms with Crippen molar-refractivity contribution in [1.82, 2.24) is 9.88 Å². The summed E-state index contributed by atoms with van der Waals surface area (Å²) in [7, 11) is 0. The second kappa shape index (κ2) is 6.52. The molecule has 2 aromatic carbocycles. The minimum atomic E-state index is 0.0825. The minimum absolute atomic E-state index is 0.0825. The molecule has 1 saturated carbocycles. The fourth-order valence-electron chi connectivity index (χ4n) is 6.00. The van der Waals surface area contributed by atoms with Crippen molar-refractivity contribution in [3.8, 4) is 5.75 Å². The SMILES string of the molecule is Oc1cccc([C@]23CCN(CC4CC4)CC2Cc2c([nH]c4c(Cl)cccc24)C3)c1. The number of hydrogen-bond donors (Lipinski definition) is 2. The van der Waals surface area contributed by atoms with Crippen LogP contribution in [-0.2, 0) is 18.3 Å². The van der Waals surface area contributed by atoms with Crippen LogP contribution >= 0.6 is 11.6 Å². The van der Waals surface area contributed by atoms with Gasteiger partial charge in [0.15, 0.2) is 0 Å². The van der Waals surface area contributed by atoms with E-state index in [9.17, 15) is 5.11 Å². The van der Waals surface area contributed by atoms with E-state index in [2.05, 4.69) is 28.1 Å². The molecule has 1 saturated heterocycles. The van der Waals surface area contributed by atoms with Gasteiger partial charge in [-0.15, -0.1) is 0 Å². The number of aromatic hydroxyl groups is 1. The summed E-state index contributed by atoms with van der Waals surface area (Å²) >= 11 is 6.52. The molecule has 6 rings (SSSR count). The van der Waals surface area contributed by atoms with E-state index in [1.165, 1.54) is 41.6 Å². The Hall–Kier alpha value is -1.97. The lowest BCUT2D eigenvalue weighted by Gasteiger charge is -2.51. The molecule has 1 aliphatic heterocycles. The van der Waals surface area contributed by atoms with E-state index >= 15 is 0 Å². The monoisotopic (exact) mass is 406 g/mol. The first-order chi connectivity index (χ1) is 14.1. The van der Waals surface area contributed by atoms with Crippen molar-refractivity contribution in [1.29, 1.82) is 0 Å². The number of fused-ring (bicyclic) bond motifs is 4. The molecule has 0 spiro atoms. The summed E-state index contributed by atoms with van der Waals surface area (Å²) in [5.41, 5.74) is 5.25. The Morgan fingerprint density at radius 2 is 2.03 bits per heavy atom. The molecule has 4 heteroatoms. The number of aromatic amines is 1. The highest BCUT2D eigenvalue weighted by atomic mass is 35.5. The molecule has 2 aliphatic carbocycles. The van der Waals surface area contributed by atoms with Crippen LogP contribution in [0.5, 0.6) is 5.75 Å². The third-order valence-electron chi connectivity index (χ3n) is 7.69. The van der Waals surface area contributed by atoms with Crippen LogP contribution in [0.25, 0.3) is 10.9 Å². The molecule has 1 aromatic heterocycles. The van der Waals surface area contributed by atoms with E-state index in [0.29, 0.717) is 11.7 Å². The number of nitrogens with one attached hydrogen (secondary N) is 1. The van der Waals surface area contributed by atoms with E-state index in [1.807, 2.05) is 18.2 Å². The maximum Gasteiger partial charge on any atom is 0.115 e. The van der Waals surface area contributed by atoms with Crippen LogP contribution in [0.4, 0.5) is 0 Å². The first kappa shape index (κ1) is 17.9. The number of likely N-dealkylation sites (tertiary alicyclic amines) is 1. The number of aromatic nitrogens is 1. The summed E-state index contributed by atoms with van der Waals surface area (Å²) in [5.74, 6) is 1.86. The molecule has 0 amide bonds. The number of hydrogen-bond acceptors (Lipinski definition) is 2. The Labute approximate surface area is 176 Å². The van der Waals surface area contributed by atoms with Crippen molar-refractivity contribution in [2.45, 2.75) is 37.5 Å². The fourth-order valence-corrected chi connectivity index (χ4v) is 6.22. The summed E-state index contributed by atoms with van der Waals surface area (Å²) in [5, 5.41) is 12.3. The maximum absolute atomic E-state index is 10.2. The third kappa shape index (κ3) is 2.90. The van der Waals surface area contributed by atoms with Crippen LogP contribution in [0.1, 0.15) is 36.1 Å². The van der Waals surface area contributed by atoms with Gasteiger partial charge in [-0.3, -0.25) is 0 Å². The molecule has 2 N–H and O–H groups in total. The van der Waals surface area contributed by atoms with Crippen molar-refractivity contribution < 1.29 is 5.11 Å². The summed E-state index contributed by atoms with van der Waals surface area (Å²) in [6, 6.07) is 14.3. The summed E-state index contributed by atoms with van der Waals surface area (Å²) in [6.07, 6.45) is 6.04. The molecule has 2 atom stereocenters. The van der Waals surface area contributed by atoms with Gasteiger partial charge in [-0.25, -0.2) is 0 Å². The molecule has 0 bridgehead atoms. The topological polar surface area (TPSA) is 39.3 Å². The van der Waals surface area contributed by atoms with Crippen molar-refractivity contribution in [2.75, 3.05) is 19.6 Å². The second-order valence-corrected chi connectivity index (χ2v) is 9.89. The predicted octanol–water partition coefficient (Wildman–Crippen LogP) is 5.30. The second-order valence-electron chi connectivity index (χ2n) is 9.48. The van der Waals surface area contributed by atoms with Crippen molar-refractivity contribution in [3.63, 3.8) is 0 Å². The zero-order chi connectivity index (χ0) is 19.6. The van der Waals surface area contributed by atoms with E-state index in [4.69, 9.17) is 11.6 Å². The number of nitrogens with zero attached hydrogens (tertiary/aromatic N) is 1. The normalized spacial score (nSPS) is 27.0. The number of H-pyrrole nitrogens is 1. The van der Waals surface area contributed by atoms with Gasteiger partial charge in [0.05, 0.1) is 10.5 Å². The molecule has 2 heterocycles. The van der Waals surface area contributed by atoms with Gasteiger partial charge in [0.2, 0.25) is 0 Å². The summed E-state index contributed by atoms with van der Waals surface area (Å²) in [4.78, 5) is 6.38. The van der Waals surface area contributed by atoms with Crippen LogP contribution in [0.2, 0.25) is 5.02 Å². The standard InChI is InChI=1S/C25H27ClN2O/c26-22-6-2-5-20-21-12-18-15-28(14-16-7-8-16)10-9-25(18,13-23(21)27-24(20)22)17-3-1-4-19(29)11-17/h1-6,11,16,18,27,29H,7-10,12-15H2/t18?,25-/m1/s1. The number of rotatable bonds is 3. The molecular formula is C25H27ClN2O. The largest absolute Gasteiger partial charge is 0.508 e. The number of halogens is 1. The first-order valence-corrected chi connectivity index (χ1v) is 11.3. The molecule has 2 fully saturated rings. The van der Waals surface area contributed by atoms with Gasteiger partial charge in [0.1, 0.15) is 5.75 Å². The van der Waals surface area contributed by atoms with Crippen molar-refractivity contribution >= 4 is 22.5 Å². The number of phenolic OH excluding ortho intramolecular Hbond substituents is 1. The number of phenols is 1. The quantitative estimate of drug-likeness (QED) is 0.619. The summed E-state index contributed by atoms with van der Waals surface area (Å²) in [6.45, 7) is 3.57. The number of piperidine rings is 1. The Morgan fingerprint density at radius 3 is 2.86 bits per heavy atom. The number of para-hydroxylation sites is 1. The average molecular weight is 407 g/mol. The van der Waals surface area contributed by atoms with Crippen LogP contribution in [0.3, 0.4) is 0 Å². The predicted molar refractivity (Wildman–Crippen MR) is 118 cm³/mol. The van der Waals surface area contributed by atoms with Crippen molar-refractivity contribution in [2.24, 2.45) is 11.8 Å². The Balaban J connectivity index is 1.46. The average Bonchev–Trinajstić information content (AvgIpc) is 3.46. The zero-order valence-electron chi connectivity index (χ0n) is 16.6. The van der Waals surface area contributed by atoms with E-state index < -0.39 is 0 Å². The highest BCUT2D eigenvalue weighted by Crippen LogP contribution is 2.50. The van der Waals surface area contributed by atoms with Gasteiger partial charge in [-0.1, -0.05) is 35.9 Å². The highest BCUT2D eigenvalue weighted by Gasteiger charge is 2.48. The minimum Gasteiger partial charge on any atom is -0.508 e. The summed E-state index contributed by atoms with van der Waals surface area (Å²) < 4.78 is 0. The molecule has 1 unspecified atom stereocenters. The lowest BCUT2D eigenvalue weighted by molar-refractivity contribution is 0.0783. The molecule has 0 radical (unpaired) electrons. The molecule has 29 heavy (non-hydrogen) atoms. The number of benzene rings is 2. The van der Waals surface area contributed by atoms with Gasteiger partial charge >= 0.3 is 0 Å². The van der Waals surface area contributed by atoms with Crippen LogP contribution in [-0.4, -0.2) is 34.6 Å². The van der Waals surface area contributed by atoms with Gasteiger partial charge < -0.3 is 15.0 Å². The van der Waals surface area contributed by atoms with Gasteiger partial charge in [-0.2, -0.15) is 0 Å². The Bertz CT molecular complexity index is 1090. The van der Waals surface area contributed by atoms with E-state index in [1.54, 1.807) is 6.07 Å². The molecule has 3 aliphatic rings. The van der Waals surface area contributed by atoms with E-state index in [-0.39, 0.29) is 5.41 Å². The molecular weight excluding hydrogens is 380 g/mol. The van der Waals surface area contributed by atoms with Crippen LogP contribution < -0.4 is 0 Å². The van der Waals surface area contributed by atoms with E-state index in [0.717, 1.165) is 48.8 Å². The first-order valence-electron chi connectivity index (χ1n) is 10.9. The Morgan fingerprint density at radius 1 is 1.17 bits per heavy atom.